The van der Waals surface area contributed by atoms with E-state index >= 15 is 0 Å². The number of hydrazone groups is 1. The molecule has 0 saturated heterocycles. The van der Waals surface area contributed by atoms with Crippen LogP contribution in [0.15, 0.2) is 46.0 Å². The molecule has 8 nitrogen and oxygen atoms in total. The Morgan fingerprint density at radius 3 is 2.80 bits per heavy atom. The van der Waals surface area contributed by atoms with Gasteiger partial charge in [-0.05, 0) is 41.1 Å². The van der Waals surface area contributed by atoms with Gasteiger partial charge in [0.25, 0.3) is 5.91 Å². The normalized spacial score (nSPS) is 10.6. The summed E-state index contributed by atoms with van der Waals surface area (Å²) in [6.45, 7) is 1.91. The number of aromatic hydroxyl groups is 1. The smallest absolute Gasteiger partial charge is 0.315 e. The second kappa shape index (κ2) is 8.25. The maximum Gasteiger partial charge on any atom is 0.315 e. The van der Waals surface area contributed by atoms with E-state index in [9.17, 15) is 20.0 Å². The van der Waals surface area contributed by atoms with E-state index in [-0.39, 0.29) is 12.4 Å². The number of carbonyl (C=O) groups excluding carboxylic acids is 1. The molecule has 130 valence electrons. The largest absolute Gasteiger partial charge is 0.500 e. The highest BCUT2D eigenvalue weighted by molar-refractivity contribution is 9.10. The third kappa shape index (κ3) is 4.54. The number of carbonyl (C=O) groups is 1. The number of hydrogen-bond donors (Lipinski definition) is 2. The molecule has 0 aliphatic heterocycles. The summed E-state index contributed by atoms with van der Waals surface area (Å²) >= 11 is 3.26. The first kappa shape index (κ1) is 18.4. The van der Waals surface area contributed by atoms with Gasteiger partial charge in [-0.25, -0.2) is 5.43 Å². The molecule has 2 aromatic rings. The molecule has 25 heavy (non-hydrogen) atoms. The Labute approximate surface area is 151 Å². The Kier molecular flexibility index (Phi) is 6.07. The van der Waals surface area contributed by atoms with Gasteiger partial charge in [0.15, 0.2) is 5.75 Å². The van der Waals surface area contributed by atoms with Crippen molar-refractivity contribution in [1.29, 1.82) is 0 Å². The Morgan fingerprint density at radius 1 is 1.44 bits per heavy atom. The van der Waals surface area contributed by atoms with E-state index < -0.39 is 22.3 Å². The molecule has 0 fully saturated rings. The molecule has 1 amide bonds. The van der Waals surface area contributed by atoms with Crippen LogP contribution in [0.25, 0.3) is 0 Å². The van der Waals surface area contributed by atoms with Gasteiger partial charge in [0.2, 0.25) is 5.75 Å². The van der Waals surface area contributed by atoms with Crippen LogP contribution in [0.3, 0.4) is 0 Å². The third-order valence-corrected chi connectivity index (χ3v) is 3.76. The molecule has 0 aliphatic rings. The van der Waals surface area contributed by atoms with Gasteiger partial charge >= 0.3 is 5.69 Å². The van der Waals surface area contributed by atoms with Crippen LogP contribution < -0.4 is 10.2 Å². The lowest BCUT2D eigenvalue weighted by molar-refractivity contribution is -0.386. The summed E-state index contributed by atoms with van der Waals surface area (Å²) in [5.74, 6) is -1.03. The highest BCUT2D eigenvalue weighted by Gasteiger charge is 2.19. The number of amides is 1. The SMILES string of the molecule is CCOc1cc(C=NNC(=O)c2ccccc2Br)cc([N+](=O)[O-])c1O. The first-order chi connectivity index (χ1) is 11.9. The molecule has 2 rings (SSSR count). The number of rotatable bonds is 6. The van der Waals surface area contributed by atoms with Gasteiger partial charge in [0.1, 0.15) is 0 Å². The van der Waals surface area contributed by atoms with Crippen molar-refractivity contribution in [2.45, 2.75) is 6.92 Å². The van der Waals surface area contributed by atoms with Crippen LogP contribution in [0.4, 0.5) is 5.69 Å². The predicted molar refractivity (Wildman–Crippen MR) is 95.1 cm³/mol. The summed E-state index contributed by atoms with van der Waals surface area (Å²) in [7, 11) is 0. The second-order valence-corrected chi connectivity index (χ2v) is 5.61. The summed E-state index contributed by atoms with van der Waals surface area (Å²) < 4.78 is 5.78. The molecule has 0 saturated carbocycles. The van der Waals surface area contributed by atoms with Crippen LogP contribution in [-0.4, -0.2) is 28.8 Å². The highest BCUT2D eigenvalue weighted by atomic mass is 79.9. The molecule has 0 aliphatic carbocycles. The summed E-state index contributed by atoms with van der Waals surface area (Å²) in [5, 5.41) is 24.6. The molecule has 0 atom stereocenters. The van der Waals surface area contributed by atoms with E-state index in [0.29, 0.717) is 15.6 Å². The average molecular weight is 408 g/mol. The van der Waals surface area contributed by atoms with Gasteiger partial charge in [-0.3, -0.25) is 14.9 Å². The molecule has 0 heterocycles. The van der Waals surface area contributed by atoms with E-state index in [4.69, 9.17) is 4.74 Å². The van der Waals surface area contributed by atoms with Crippen LogP contribution in [-0.2, 0) is 0 Å². The minimum atomic E-state index is -0.727. The minimum Gasteiger partial charge on any atom is -0.500 e. The van der Waals surface area contributed by atoms with Crippen LogP contribution >= 0.6 is 15.9 Å². The predicted octanol–water partition coefficient (Wildman–Crippen LogP) is 3.23. The van der Waals surface area contributed by atoms with E-state index in [1.807, 2.05) is 0 Å². The van der Waals surface area contributed by atoms with Crippen molar-refractivity contribution in [2.24, 2.45) is 5.10 Å². The lowest BCUT2D eigenvalue weighted by Crippen LogP contribution is -2.18. The first-order valence-electron chi connectivity index (χ1n) is 7.16. The minimum absolute atomic E-state index is 0.0321. The Morgan fingerprint density at radius 2 is 2.16 bits per heavy atom. The lowest BCUT2D eigenvalue weighted by atomic mass is 10.2. The fourth-order valence-electron chi connectivity index (χ4n) is 1.96. The average Bonchev–Trinajstić information content (AvgIpc) is 2.57. The van der Waals surface area contributed by atoms with E-state index in [0.717, 1.165) is 6.07 Å². The molecule has 9 heteroatoms. The fraction of sp³-hybridized carbons (Fsp3) is 0.125. The zero-order valence-electron chi connectivity index (χ0n) is 13.1. The van der Waals surface area contributed by atoms with Gasteiger partial charge in [0.05, 0.1) is 23.3 Å². The monoisotopic (exact) mass is 407 g/mol. The van der Waals surface area contributed by atoms with Crippen molar-refractivity contribution < 1.29 is 19.6 Å². The molecular weight excluding hydrogens is 394 g/mol. The highest BCUT2D eigenvalue weighted by Crippen LogP contribution is 2.36. The lowest BCUT2D eigenvalue weighted by Gasteiger charge is -2.07. The fourth-order valence-corrected chi connectivity index (χ4v) is 2.43. The summed E-state index contributed by atoms with van der Waals surface area (Å²) in [6, 6.07) is 9.34. The number of nitro benzene ring substituents is 1. The van der Waals surface area contributed by atoms with Gasteiger partial charge in [-0.1, -0.05) is 12.1 Å². The quantitative estimate of drug-likeness (QED) is 0.433. The van der Waals surface area contributed by atoms with Crippen molar-refractivity contribution in [3.63, 3.8) is 0 Å². The van der Waals surface area contributed by atoms with Crippen LogP contribution in [0.5, 0.6) is 11.5 Å². The number of nitrogens with zero attached hydrogens (tertiary/aromatic N) is 2. The van der Waals surface area contributed by atoms with Gasteiger partial charge in [-0.2, -0.15) is 5.10 Å². The van der Waals surface area contributed by atoms with Crippen LogP contribution in [0, 0.1) is 10.1 Å². The summed E-state index contributed by atoms with van der Waals surface area (Å²) in [6.07, 6.45) is 1.23. The zero-order valence-corrected chi connectivity index (χ0v) is 14.7. The Bertz CT molecular complexity index is 839. The Hall–Kier alpha value is -2.94. The van der Waals surface area contributed by atoms with Crippen LogP contribution in [0.1, 0.15) is 22.8 Å². The number of benzene rings is 2. The second-order valence-electron chi connectivity index (χ2n) is 4.76. The van der Waals surface area contributed by atoms with Gasteiger partial charge in [-0.15, -0.1) is 0 Å². The van der Waals surface area contributed by atoms with Crippen molar-refractivity contribution >= 4 is 33.7 Å². The first-order valence-corrected chi connectivity index (χ1v) is 7.95. The molecule has 0 radical (unpaired) electrons. The number of phenolic OH excluding ortho intramolecular Hbond substituents is 1. The topological polar surface area (TPSA) is 114 Å². The number of ether oxygens (including phenoxy) is 1. The van der Waals surface area contributed by atoms with E-state index in [1.165, 1.54) is 12.3 Å². The molecule has 0 aromatic heterocycles. The molecule has 0 bridgehead atoms. The van der Waals surface area contributed by atoms with Crippen molar-refractivity contribution in [3.8, 4) is 11.5 Å². The van der Waals surface area contributed by atoms with Gasteiger partial charge < -0.3 is 9.84 Å². The third-order valence-electron chi connectivity index (χ3n) is 3.07. The maximum atomic E-state index is 12.0. The summed E-state index contributed by atoms with van der Waals surface area (Å²) in [4.78, 5) is 22.3. The van der Waals surface area contributed by atoms with E-state index in [1.54, 1.807) is 31.2 Å². The summed E-state index contributed by atoms with van der Waals surface area (Å²) in [5.41, 5.74) is 2.51. The zero-order chi connectivity index (χ0) is 18.4. The number of nitrogens with one attached hydrogen (secondary N) is 1. The van der Waals surface area contributed by atoms with Crippen LogP contribution in [0.2, 0.25) is 0 Å². The molecule has 2 aromatic carbocycles. The van der Waals surface area contributed by atoms with Crippen molar-refractivity contribution in [1.82, 2.24) is 5.43 Å². The van der Waals surface area contributed by atoms with Crippen molar-refractivity contribution in [2.75, 3.05) is 6.61 Å². The molecule has 0 unspecified atom stereocenters. The Balaban J connectivity index is 2.21. The molecule has 2 N–H and O–H groups in total. The van der Waals surface area contributed by atoms with E-state index in [2.05, 4.69) is 26.5 Å². The number of hydrogen-bond acceptors (Lipinski definition) is 6. The van der Waals surface area contributed by atoms with Gasteiger partial charge in [0, 0.05) is 16.1 Å². The standard InChI is InChI=1S/C16H14BrN3O5/c1-2-25-14-8-10(7-13(15(14)21)20(23)24)9-18-19-16(22)11-5-3-4-6-12(11)17/h3-9,21H,2H2,1H3,(H,19,22). The number of halogens is 1. The molecular formula is C16H14BrN3O5. The number of nitro groups is 1. The van der Waals surface area contributed by atoms with Crippen molar-refractivity contribution in [3.05, 3.63) is 62.1 Å². The number of phenols is 1. The molecule has 0 spiro atoms. The maximum absolute atomic E-state index is 12.0.